The molecule has 1 saturated heterocycles. The van der Waals surface area contributed by atoms with Crippen molar-refractivity contribution < 1.29 is 22.7 Å². The second-order valence-corrected chi connectivity index (χ2v) is 10.8. The van der Waals surface area contributed by atoms with Crippen molar-refractivity contribution >= 4 is 33.2 Å². The highest BCUT2D eigenvalue weighted by atomic mass is 32.2. The van der Waals surface area contributed by atoms with Gasteiger partial charge in [-0.05, 0) is 31.4 Å². The van der Waals surface area contributed by atoms with Crippen molar-refractivity contribution in [2.24, 2.45) is 13.0 Å². The SMILES string of the molecule is C[C@@H](Sc1nnc(C[C@H]2CCS(=O)(=O)C2)n1C)C(=O)Nc1ccc2c(c1)OCO2. The predicted octanol–water partition coefficient (Wildman–Crippen LogP) is 1.64. The van der Waals surface area contributed by atoms with E-state index in [1.165, 1.54) is 11.8 Å². The van der Waals surface area contributed by atoms with Crippen LogP contribution in [0.5, 0.6) is 11.5 Å². The van der Waals surface area contributed by atoms with Crippen molar-refractivity contribution in [2.75, 3.05) is 23.6 Å². The fourth-order valence-electron chi connectivity index (χ4n) is 3.35. The summed E-state index contributed by atoms with van der Waals surface area (Å²) in [6, 6.07) is 5.25. The number of nitrogens with one attached hydrogen (secondary N) is 1. The molecule has 0 bridgehead atoms. The molecule has 1 amide bonds. The zero-order valence-corrected chi connectivity index (χ0v) is 17.8. The number of carbonyl (C=O) groups is 1. The molecule has 9 nitrogen and oxygen atoms in total. The quantitative estimate of drug-likeness (QED) is 0.678. The smallest absolute Gasteiger partial charge is 0.237 e. The third kappa shape index (κ3) is 4.50. The molecular formula is C18H22N4O5S2. The zero-order valence-electron chi connectivity index (χ0n) is 16.1. The maximum Gasteiger partial charge on any atom is 0.237 e. The highest BCUT2D eigenvalue weighted by molar-refractivity contribution is 8.00. The first-order chi connectivity index (χ1) is 13.8. The normalized spacial score (nSPS) is 20.6. The van der Waals surface area contributed by atoms with Crippen LogP contribution in [0.2, 0.25) is 0 Å². The van der Waals surface area contributed by atoms with Crippen molar-refractivity contribution in [3.63, 3.8) is 0 Å². The van der Waals surface area contributed by atoms with Gasteiger partial charge in [0.15, 0.2) is 26.5 Å². The fourth-order valence-corrected chi connectivity index (χ4v) is 6.04. The average molecular weight is 439 g/mol. The lowest BCUT2D eigenvalue weighted by molar-refractivity contribution is -0.115. The number of fused-ring (bicyclic) bond motifs is 1. The van der Waals surface area contributed by atoms with Gasteiger partial charge < -0.3 is 19.4 Å². The summed E-state index contributed by atoms with van der Waals surface area (Å²) in [5, 5.41) is 11.5. The molecule has 156 valence electrons. The molecule has 0 saturated carbocycles. The molecule has 2 aliphatic rings. The molecule has 2 aliphatic heterocycles. The van der Waals surface area contributed by atoms with E-state index in [1.54, 1.807) is 25.1 Å². The van der Waals surface area contributed by atoms with Crippen LogP contribution in [0.3, 0.4) is 0 Å². The van der Waals surface area contributed by atoms with Gasteiger partial charge in [0.1, 0.15) is 5.82 Å². The van der Waals surface area contributed by atoms with Crippen LogP contribution >= 0.6 is 11.8 Å². The molecule has 29 heavy (non-hydrogen) atoms. The summed E-state index contributed by atoms with van der Waals surface area (Å²) in [6.45, 7) is 1.98. The first kappa shape index (κ1) is 20.0. The van der Waals surface area contributed by atoms with E-state index in [0.717, 1.165) is 5.82 Å². The van der Waals surface area contributed by atoms with E-state index < -0.39 is 15.1 Å². The molecule has 1 fully saturated rings. The molecule has 3 heterocycles. The van der Waals surface area contributed by atoms with Gasteiger partial charge in [-0.1, -0.05) is 11.8 Å². The van der Waals surface area contributed by atoms with Gasteiger partial charge in [0.05, 0.1) is 16.8 Å². The maximum absolute atomic E-state index is 12.6. The Labute approximate surface area is 173 Å². The molecular weight excluding hydrogens is 416 g/mol. The van der Waals surface area contributed by atoms with Crippen LogP contribution in [-0.2, 0) is 28.1 Å². The number of sulfone groups is 1. The van der Waals surface area contributed by atoms with Crippen molar-refractivity contribution in [2.45, 2.75) is 30.2 Å². The first-order valence-corrected chi connectivity index (χ1v) is 12.0. The summed E-state index contributed by atoms with van der Waals surface area (Å²) < 4.78 is 35.7. The second-order valence-electron chi connectivity index (χ2n) is 7.25. The van der Waals surface area contributed by atoms with E-state index in [9.17, 15) is 13.2 Å². The molecule has 0 unspecified atom stereocenters. The van der Waals surface area contributed by atoms with Gasteiger partial charge in [-0.2, -0.15) is 0 Å². The summed E-state index contributed by atoms with van der Waals surface area (Å²) in [6.07, 6.45) is 1.23. The van der Waals surface area contributed by atoms with Gasteiger partial charge in [0, 0.05) is 25.2 Å². The van der Waals surface area contributed by atoms with Crippen molar-refractivity contribution in [1.82, 2.24) is 14.8 Å². The van der Waals surface area contributed by atoms with E-state index >= 15 is 0 Å². The molecule has 2 atom stereocenters. The van der Waals surface area contributed by atoms with Gasteiger partial charge in [-0.15, -0.1) is 10.2 Å². The third-order valence-electron chi connectivity index (χ3n) is 5.01. The van der Waals surface area contributed by atoms with E-state index in [4.69, 9.17) is 9.47 Å². The molecule has 0 radical (unpaired) electrons. The number of carbonyl (C=O) groups excluding carboxylic acids is 1. The lowest BCUT2D eigenvalue weighted by Crippen LogP contribution is -2.22. The third-order valence-corrected chi connectivity index (χ3v) is 7.99. The Morgan fingerprint density at radius 3 is 2.90 bits per heavy atom. The van der Waals surface area contributed by atoms with Crippen molar-refractivity contribution in [3.05, 3.63) is 24.0 Å². The number of aromatic nitrogens is 3. The minimum Gasteiger partial charge on any atom is -0.454 e. The summed E-state index contributed by atoms with van der Waals surface area (Å²) >= 11 is 1.30. The largest absolute Gasteiger partial charge is 0.454 e. The van der Waals surface area contributed by atoms with Gasteiger partial charge >= 0.3 is 0 Å². The summed E-state index contributed by atoms with van der Waals surface area (Å²) in [5.74, 6) is 2.36. The minimum absolute atomic E-state index is 0.0764. The summed E-state index contributed by atoms with van der Waals surface area (Å²) in [5.41, 5.74) is 0.632. The maximum atomic E-state index is 12.6. The second kappa shape index (κ2) is 7.86. The molecule has 4 rings (SSSR count). The van der Waals surface area contributed by atoms with Crippen LogP contribution in [0.1, 0.15) is 19.2 Å². The van der Waals surface area contributed by atoms with Crippen LogP contribution in [-0.4, -0.2) is 52.6 Å². The zero-order chi connectivity index (χ0) is 20.6. The number of amides is 1. The monoisotopic (exact) mass is 438 g/mol. The Kier molecular flexibility index (Phi) is 5.43. The Morgan fingerprint density at radius 2 is 2.14 bits per heavy atom. The molecule has 11 heteroatoms. The standard InChI is InChI=1S/C18H22N4O5S2/c1-11(17(23)19-13-3-4-14-15(8-13)27-10-26-14)28-18-21-20-16(22(18)2)7-12-5-6-29(24,25)9-12/h3-4,8,11-12H,5-7,9-10H2,1-2H3,(H,19,23)/t11-,12-/m1/s1. The molecule has 1 aromatic heterocycles. The number of thioether (sulfide) groups is 1. The molecule has 1 aromatic carbocycles. The molecule has 0 spiro atoms. The Hall–Kier alpha value is -2.27. The van der Waals surface area contributed by atoms with Gasteiger partial charge in [0.2, 0.25) is 12.7 Å². The lowest BCUT2D eigenvalue weighted by atomic mass is 10.1. The van der Waals surface area contributed by atoms with E-state index in [1.807, 2.05) is 11.6 Å². The Bertz CT molecular complexity index is 1040. The number of benzene rings is 1. The number of ether oxygens (including phenoxy) is 2. The van der Waals surface area contributed by atoms with Gasteiger partial charge in [-0.3, -0.25) is 4.79 Å². The van der Waals surface area contributed by atoms with E-state index in [-0.39, 0.29) is 30.1 Å². The van der Waals surface area contributed by atoms with E-state index in [0.29, 0.717) is 35.2 Å². The summed E-state index contributed by atoms with van der Waals surface area (Å²) in [4.78, 5) is 12.6. The number of anilines is 1. The van der Waals surface area contributed by atoms with Crippen LogP contribution < -0.4 is 14.8 Å². The van der Waals surface area contributed by atoms with Crippen LogP contribution in [0.15, 0.2) is 23.4 Å². The van der Waals surface area contributed by atoms with Crippen molar-refractivity contribution in [1.29, 1.82) is 0 Å². The topological polar surface area (TPSA) is 112 Å². The summed E-state index contributed by atoms with van der Waals surface area (Å²) in [7, 11) is -1.08. The highest BCUT2D eigenvalue weighted by Gasteiger charge is 2.29. The van der Waals surface area contributed by atoms with Crippen LogP contribution in [0.4, 0.5) is 5.69 Å². The lowest BCUT2D eigenvalue weighted by Gasteiger charge is -2.12. The number of rotatable bonds is 6. The minimum atomic E-state index is -2.92. The molecule has 1 N–H and O–H groups in total. The van der Waals surface area contributed by atoms with Crippen molar-refractivity contribution in [3.8, 4) is 11.5 Å². The Balaban J connectivity index is 1.36. The fraction of sp³-hybridized carbons (Fsp3) is 0.500. The number of hydrogen-bond acceptors (Lipinski definition) is 8. The van der Waals surface area contributed by atoms with Crippen LogP contribution in [0.25, 0.3) is 0 Å². The predicted molar refractivity (Wildman–Crippen MR) is 108 cm³/mol. The average Bonchev–Trinajstić information content (AvgIpc) is 3.36. The number of hydrogen-bond donors (Lipinski definition) is 1. The van der Waals surface area contributed by atoms with E-state index in [2.05, 4.69) is 15.5 Å². The molecule has 2 aromatic rings. The van der Waals surface area contributed by atoms with Crippen LogP contribution in [0, 0.1) is 5.92 Å². The van der Waals surface area contributed by atoms with Gasteiger partial charge in [-0.25, -0.2) is 8.42 Å². The Morgan fingerprint density at radius 1 is 1.34 bits per heavy atom. The number of nitrogens with zero attached hydrogens (tertiary/aromatic N) is 3. The van der Waals surface area contributed by atoms with Gasteiger partial charge in [0.25, 0.3) is 0 Å². The highest BCUT2D eigenvalue weighted by Crippen LogP contribution is 2.34. The molecule has 0 aliphatic carbocycles. The first-order valence-electron chi connectivity index (χ1n) is 9.26.